The standard InChI is InChI=1S/C21H19BrN2O5S/c1-2-3-9-23-20(25)19(30-21(23)26)12-14-7-8-18(17(22)11-14)29-13-15-5-4-6-16(10-15)24(27)28/h4-8,10-12H,2-3,9,13H2,1H3/b19-12-. The van der Waals surface area contributed by atoms with E-state index in [2.05, 4.69) is 15.9 Å². The van der Waals surface area contributed by atoms with E-state index in [9.17, 15) is 19.7 Å². The Bertz CT molecular complexity index is 1020. The van der Waals surface area contributed by atoms with Gasteiger partial charge in [-0.3, -0.25) is 24.6 Å². The van der Waals surface area contributed by atoms with Crippen molar-refractivity contribution in [3.05, 3.63) is 73.1 Å². The predicted molar refractivity (Wildman–Crippen MR) is 119 cm³/mol. The first kappa shape index (κ1) is 22.0. The van der Waals surface area contributed by atoms with Crippen LogP contribution in [-0.4, -0.2) is 27.5 Å². The van der Waals surface area contributed by atoms with Gasteiger partial charge in [0, 0.05) is 18.7 Å². The molecule has 0 atom stereocenters. The van der Waals surface area contributed by atoms with Gasteiger partial charge >= 0.3 is 0 Å². The molecule has 1 heterocycles. The molecule has 0 spiro atoms. The van der Waals surface area contributed by atoms with Crippen LogP contribution in [0.5, 0.6) is 5.75 Å². The molecule has 0 unspecified atom stereocenters. The molecule has 1 aliphatic heterocycles. The van der Waals surface area contributed by atoms with E-state index in [0.29, 0.717) is 27.2 Å². The summed E-state index contributed by atoms with van der Waals surface area (Å²) < 4.78 is 6.43. The summed E-state index contributed by atoms with van der Waals surface area (Å²) in [6.07, 6.45) is 3.38. The fraction of sp³-hybridized carbons (Fsp3) is 0.238. The number of nitro groups is 1. The van der Waals surface area contributed by atoms with Gasteiger partial charge in [-0.15, -0.1) is 0 Å². The zero-order valence-corrected chi connectivity index (χ0v) is 18.6. The molecule has 1 aliphatic rings. The van der Waals surface area contributed by atoms with Crippen LogP contribution in [0.4, 0.5) is 10.5 Å². The minimum Gasteiger partial charge on any atom is -0.488 e. The van der Waals surface area contributed by atoms with Gasteiger partial charge < -0.3 is 4.74 Å². The van der Waals surface area contributed by atoms with Crippen LogP contribution in [0.3, 0.4) is 0 Å². The lowest BCUT2D eigenvalue weighted by Crippen LogP contribution is -2.29. The first-order chi connectivity index (χ1) is 14.4. The summed E-state index contributed by atoms with van der Waals surface area (Å²) in [5.41, 5.74) is 1.45. The molecule has 1 saturated heterocycles. The highest BCUT2D eigenvalue weighted by Crippen LogP contribution is 2.34. The number of non-ortho nitro benzene ring substituents is 1. The molecule has 30 heavy (non-hydrogen) atoms. The highest BCUT2D eigenvalue weighted by molar-refractivity contribution is 9.10. The normalized spacial score (nSPS) is 15.1. The quantitative estimate of drug-likeness (QED) is 0.265. The molecule has 0 aliphatic carbocycles. The average Bonchev–Trinajstić information content (AvgIpc) is 2.98. The number of carbonyl (C=O) groups excluding carboxylic acids is 2. The third-order valence-electron chi connectivity index (χ3n) is 4.38. The van der Waals surface area contributed by atoms with E-state index in [1.165, 1.54) is 17.0 Å². The number of carbonyl (C=O) groups is 2. The van der Waals surface area contributed by atoms with Crippen molar-refractivity contribution in [2.45, 2.75) is 26.4 Å². The zero-order valence-electron chi connectivity index (χ0n) is 16.2. The van der Waals surface area contributed by atoms with Crippen molar-refractivity contribution >= 4 is 50.6 Å². The Morgan fingerprint density at radius 2 is 2.03 bits per heavy atom. The number of ether oxygens (including phenoxy) is 1. The second-order valence-corrected chi connectivity index (χ2v) is 8.44. The van der Waals surface area contributed by atoms with Crippen molar-refractivity contribution in [2.24, 2.45) is 0 Å². The Hall–Kier alpha value is -2.65. The van der Waals surface area contributed by atoms with Crippen LogP contribution in [0.15, 0.2) is 51.8 Å². The van der Waals surface area contributed by atoms with Gasteiger partial charge in [0.1, 0.15) is 12.4 Å². The molecule has 0 bridgehead atoms. The van der Waals surface area contributed by atoms with Gasteiger partial charge in [0.05, 0.1) is 14.3 Å². The van der Waals surface area contributed by atoms with E-state index in [-0.39, 0.29) is 23.4 Å². The predicted octanol–water partition coefficient (Wildman–Crippen LogP) is 5.77. The van der Waals surface area contributed by atoms with Crippen molar-refractivity contribution < 1.29 is 19.2 Å². The maximum Gasteiger partial charge on any atom is 0.293 e. The van der Waals surface area contributed by atoms with Crippen LogP contribution in [0.25, 0.3) is 6.08 Å². The van der Waals surface area contributed by atoms with Crippen molar-refractivity contribution in [3.8, 4) is 5.75 Å². The van der Waals surface area contributed by atoms with Crippen LogP contribution >= 0.6 is 27.7 Å². The topological polar surface area (TPSA) is 89.8 Å². The molecule has 0 saturated carbocycles. The van der Waals surface area contributed by atoms with Gasteiger partial charge in [0.25, 0.3) is 16.8 Å². The van der Waals surface area contributed by atoms with Gasteiger partial charge in [-0.05, 0) is 63.4 Å². The lowest BCUT2D eigenvalue weighted by atomic mass is 10.2. The largest absolute Gasteiger partial charge is 0.488 e. The van der Waals surface area contributed by atoms with Gasteiger partial charge in [0.2, 0.25) is 0 Å². The number of hydrogen-bond donors (Lipinski definition) is 0. The molecule has 1 fully saturated rings. The number of nitrogens with zero attached hydrogens (tertiary/aromatic N) is 2. The van der Waals surface area contributed by atoms with E-state index < -0.39 is 4.92 Å². The molecule has 9 heteroatoms. The third kappa shape index (κ3) is 5.28. The lowest BCUT2D eigenvalue weighted by Gasteiger charge is -2.11. The second-order valence-electron chi connectivity index (χ2n) is 6.59. The monoisotopic (exact) mass is 490 g/mol. The second kappa shape index (κ2) is 9.90. The molecule has 0 N–H and O–H groups in total. The van der Waals surface area contributed by atoms with Crippen LogP contribution in [0.2, 0.25) is 0 Å². The Morgan fingerprint density at radius 1 is 1.23 bits per heavy atom. The summed E-state index contributed by atoms with van der Waals surface area (Å²) in [6.45, 7) is 2.62. The molecule has 2 aromatic carbocycles. The fourth-order valence-corrected chi connectivity index (χ4v) is 4.18. The van der Waals surface area contributed by atoms with Gasteiger partial charge in [0.15, 0.2) is 0 Å². The van der Waals surface area contributed by atoms with Crippen molar-refractivity contribution in [2.75, 3.05) is 6.54 Å². The maximum absolute atomic E-state index is 12.4. The summed E-state index contributed by atoms with van der Waals surface area (Å²) in [5.74, 6) is 0.301. The average molecular weight is 491 g/mol. The minimum atomic E-state index is -0.446. The van der Waals surface area contributed by atoms with Crippen molar-refractivity contribution in [1.82, 2.24) is 4.90 Å². The zero-order chi connectivity index (χ0) is 21.7. The number of hydrogen-bond acceptors (Lipinski definition) is 6. The van der Waals surface area contributed by atoms with E-state index >= 15 is 0 Å². The summed E-state index contributed by atoms with van der Waals surface area (Å²) in [5, 5.41) is 10.6. The van der Waals surface area contributed by atoms with Crippen LogP contribution < -0.4 is 4.74 Å². The van der Waals surface area contributed by atoms with Gasteiger partial charge in [-0.1, -0.05) is 31.5 Å². The molecule has 0 aromatic heterocycles. The summed E-state index contributed by atoms with van der Waals surface area (Å²) in [4.78, 5) is 36.6. The minimum absolute atomic E-state index is 0.0124. The van der Waals surface area contributed by atoms with E-state index in [1.807, 2.05) is 6.92 Å². The number of amides is 2. The van der Waals surface area contributed by atoms with Gasteiger partial charge in [-0.25, -0.2) is 0 Å². The molecular formula is C21H19BrN2O5S. The summed E-state index contributed by atoms with van der Waals surface area (Å²) >= 11 is 4.39. The fourth-order valence-electron chi connectivity index (χ4n) is 2.81. The van der Waals surface area contributed by atoms with Crippen LogP contribution in [-0.2, 0) is 11.4 Å². The third-order valence-corrected chi connectivity index (χ3v) is 5.91. The van der Waals surface area contributed by atoms with Crippen molar-refractivity contribution in [1.29, 1.82) is 0 Å². The number of unbranched alkanes of at least 4 members (excludes halogenated alkanes) is 1. The number of halogens is 1. The Kier molecular flexibility index (Phi) is 7.28. The first-order valence-electron chi connectivity index (χ1n) is 9.30. The molecule has 2 aromatic rings. The Balaban J connectivity index is 1.69. The van der Waals surface area contributed by atoms with Crippen molar-refractivity contribution in [3.63, 3.8) is 0 Å². The number of imide groups is 1. The van der Waals surface area contributed by atoms with Crippen LogP contribution in [0.1, 0.15) is 30.9 Å². The number of nitro benzene ring substituents is 1. The summed E-state index contributed by atoms with van der Waals surface area (Å²) in [6, 6.07) is 11.6. The van der Waals surface area contributed by atoms with E-state index in [1.54, 1.807) is 36.4 Å². The smallest absolute Gasteiger partial charge is 0.293 e. The molecule has 3 rings (SSSR count). The molecule has 2 amide bonds. The number of rotatable bonds is 8. The maximum atomic E-state index is 12.4. The number of benzene rings is 2. The Labute approximate surface area is 186 Å². The Morgan fingerprint density at radius 3 is 2.73 bits per heavy atom. The highest BCUT2D eigenvalue weighted by Gasteiger charge is 2.34. The lowest BCUT2D eigenvalue weighted by molar-refractivity contribution is -0.384. The molecule has 0 radical (unpaired) electrons. The molecule has 7 nitrogen and oxygen atoms in total. The summed E-state index contributed by atoms with van der Waals surface area (Å²) in [7, 11) is 0. The van der Waals surface area contributed by atoms with E-state index in [0.717, 1.165) is 30.2 Å². The SMILES string of the molecule is CCCCN1C(=O)S/C(=C\c2ccc(OCc3cccc([N+](=O)[O-])c3)c(Br)c2)C1=O. The highest BCUT2D eigenvalue weighted by atomic mass is 79.9. The molecule has 156 valence electrons. The first-order valence-corrected chi connectivity index (χ1v) is 10.9. The van der Waals surface area contributed by atoms with E-state index in [4.69, 9.17) is 4.74 Å². The van der Waals surface area contributed by atoms with Crippen LogP contribution in [0, 0.1) is 10.1 Å². The number of thioether (sulfide) groups is 1. The molecular weight excluding hydrogens is 472 g/mol. The van der Waals surface area contributed by atoms with Gasteiger partial charge in [-0.2, -0.15) is 0 Å².